The molecule has 0 aliphatic carbocycles. The highest BCUT2D eigenvalue weighted by molar-refractivity contribution is 6.35. The molecule has 0 fully saturated rings. The second-order valence-corrected chi connectivity index (χ2v) is 5.43. The molecule has 1 N–H and O–H groups in total. The summed E-state index contributed by atoms with van der Waals surface area (Å²) >= 11 is 12.2. The Balaban J connectivity index is 1.92. The number of benzene rings is 1. The molecular weight excluding hydrogens is 283 g/mol. The summed E-state index contributed by atoms with van der Waals surface area (Å²) in [6, 6.07) is 5.38. The smallest absolute Gasteiger partial charge is 0.0584 e. The fourth-order valence-electron chi connectivity index (χ4n) is 2.00. The number of nitrogens with zero attached hydrogens (tertiary/aromatic N) is 2. The second kappa shape index (κ2) is 6.42. The van der Waals surface area contributed by atoms with Crippen molar-refractivity contribution in [3.05, 3.63) is 51.8 Å². The molecule has 5 heteroatoms. The standard InChI is InChI=1S/C14H16Cl2N2O/c1-18-9-10(8-17-18)5-6-11(19)7-12-13(15)3-2-4-14(12)16/h2-4,8-9,11,19H,5-7H2,1H3. The van der Waals surface area contributed by atoms with Crippen molar-refractivity contribution >= 4 is 23.2 Å². The summed E-state index contributed by atoms with van der Waals surface area (Å²) in [4.78, 5) is 0. The number of rotatable bonds is 5. The molecule has 19 heavy (non-hydrogen) atoms. The highest BCUT2D eigenvalue weighted by Crippen LogP contribution is 2.26. The second-order valence-electron chi connectivity index (χ2n) is 4.62. The molecule has 0 aliphatic heterocycles. The van der Waals surface area contributed by atoms with Crippen LogP contribution in [0.1, 0.15) is 17.5 Å². The summed E-state index contributed by atoms with van der Waals surface area (Å²) < 4.78 is 1.76. The first kappa shape index (κ1) is 14.4. The van der Waals surface area contributed by atoms with E-state index in [1.54, 1.807) is 22.9 Å². The minimum absolute atomic E-state index is 0.461. The molecule has 0 radical (unpaired) electrons. The number of aromatic nitrogens is 2. The number of hydrogen-bond acceptors (Lipinski definition) is 2. The van der Waals surface area contributed by atoms with Crippen LogP contribution in [0.3, 0.4) is 0 Å². The normalized spacial score (nSPS) is 12.6. The third-order valence-corrected chi connectivity index (χ3v) is 3.73. The minimum atomic E-state index is -0.461. The van der Waals surface area contributed by atoms with Gasteiger partial charge < -0.3 is 5.11 Å². The van der Waals surface area contributed by atoms with Gasteiger partial charge in [-0.2, -0.15) is 5.10 Å². The summed E-state index contributed by atoms with van der Waals surface area (Å²) in [6.45, 7) is 0. The summed E-state index contributed by atoms with van der Waals surface area (Å²) in [6.07, 6.45) is 5.23. The summed E-state index contributed by atoms with van der Waals surface area (Å²) in [5, 5.41) is 15.4. The van der Waals surface area contributed by atoms with Crippen molar-refractivity contribution in [3.63, 3.8) is 0 Å². The van der Waals surface area contributed by atoms with Crippen LogP contribution in [-0.2, 0) is 19.9 Å². The van der Waals surface area contributed by atoms with Crippen molar-refractivity contribution in [2.24, 2.45) is 7.05 Å². The molecule has 0 aliphatic rings. The van der Waals surface area contributed by atoms with Gasteiger partial charge in [-0.05, 0) is 36.1 Å². The predicted octanol–water partition coefficient (Wildman–Crippen LogP) is 3.26. The van der Waals surface area contributed by atoms with E-state index < -0.39 is 6.10 Å². The lowest BCUT2D eigenvalue weighted by molar-refractivity contribution is 0.165. The zero-order chi connectivity index (χ0) is 13.8. The lowest BCUT2D eigenvalue weighted by atomic mass is 10.0. The fourth-order valence-corrected chi connectivity index (χ4v) is 2.55. The quantitative estimate of drug-likeness (QED) is 0.920. The third-order valence-electron chi connectivity index (χ3n) is 3.03. The maximum atomic E-state index is 10.1. The number of halogens is 2. The Kier molecular flexibility index (Phi) is 4.86. The Morgan fingerprint density at radius 1 is 1.32 bits per heavy atom. The summed E-state index contributed by atoms with van der Waals surface area (Å²) in [5.74, 6) is 0. The van der Waals surface area contributed by atoms with Gasteiger partial charge in [0.2, 0.25) is 0 Å². The van der Waals surface area contributed by atoms with Gasteiger partial charge in [0.1, 0.15) is 0 Å². The lowest BCUT2D eigenvalue weighted by Gasteiger charge is -2.12. The fraction of sp³-hybridized carbons (Fsp3) is 0.357. The zero-order valence-corrected chi connectivity index (χ0v) is 12.2. The van der Waals surface area contributed by atoms with Crippen LogP contribution >= 0.6 is 23.2 Å². The molecule has 102 valence electrons. The average molecular weight is 299 g/mol. The van der Waals surface area contributed by atoms with Crippen molar-refractivity contribution in [1.82, 2.24) is 9.78 Å². The van der Waals surface area contributed by atoms with E-state index in [0.717, 1.165) is 17.5 Å². The van der Waals surface area contributed by atoms with Crippen molar-refractivity contribution in [2.75, 3.05) is 0 Å². The van der Waals surface area contributed by atoms with E-state index in [2.05, 4.69) is 5.10 Å². The van der Waals surface area contributed by atoms with Gasteiger partial charge in [0.15, 0.2) is 0 Å². The predicted molar refractivity (Wildman–Crippen MR) is 77.7 cm³/mol. The molecule has 0 amide bonds. The molecule has 0 saturated carbocycles. The first-order valence-corrected chi connectivity index (χ1v) is 6.90. The maximum Gasteiger partial charge on any atom is 0.0584 e. The molecule has 2 aromatic rings. The Hall–Kier alpha value is -1.03. The van der Waals surface area contributed by atoms with Gasteiger partial charge in [-0.25, -0.2) is 0 Å². The van der Waals surface area contributed by atoms with Gasteiger partial charge in [0, 0.05) is 29.7 Å². The van der Waals surface area contributed by atoms with Crippen LogP contribution in [-0.4, -0.2) is 21.0 Å². The van der Waals surface area contributed by atoms with E-state index in [-0.39, 0.29) is 0 Å². The molecule has 1 aromatic heterocycles. The number of aryl methyl sites for hydroxylation is 2. The van der Waals surface area contributed by atoms with Crippen molar-refractivity contribution in [1.29, 1.82) is 0 Å². The topological polar surface area (TPSA) is 38.0 Å². The van der Waals surface area contributed by atoms with Crippen LogP contribution in [0, 0.1) is 0 Å². The Morgan fingerprint density at radius 3 is 2.58 bits per heavy atom. The molecule has 1 aromatic carbocycles. The van der Waals surface area contributed by atoms with Crippen LogP contribution in [0.4, 0.5) is 0 Å². The average Bonchev–Trinajstić information content (AvgIpc) is 2.77. The van der Waals surface area contributed by atoms with Crippen molar-refractivity contribution in [2.45, 2.75) is 25.4 Å². The number of hydrogen-bond donors (Lipinski definition) is 1. The van der Waals surface area contributed by atoms with Gasteiger partial charge in [-0.15, -0.1) is 0 Å². The highest BCUT2D eigenvalue weighted by atomic mass is 35.5. The molecule has 1 atom stereocenters. The van der Waals surface area contributed by atoms with Crippen LogP contribution in [0.5, 0.6) is 0 Å². The van der Waals surface area contributed by atoms with Crippen LogP contribution in [0.15, 0.2) is 30.6 Å². The third kappa shape index (κ3) is 3.96. The van der Waals surface area contributed by atoms with E-state index in [1.807, 2.05) is 19.4 Å². The van der Waals surface area contributed by atoms with Gasteiger partial charge in [-0.3, -0.25) is 4.68 Å². The molecule has 0 saturated heterocycles. The van der Waals surface area contributed by atoms with Gasteiger partial charge in [0.05, 0.1) is 12.3 Å². The Morgan fingerprint density at radius 2 is 2.00 bits per heavy atom. The summed E-state index contributed by atoms with van der Waals surface area (Å²) in [5.41, 5.74) is 1.93. The van der Waals surface area contributed by atoms with E-state index in [9.17, 15) is 5.11 Å². The largest absolute Gasteiger partial charge is 0.393 e. The van der Waals surface area contributed by atoms with Crippen molar-refractivity contribution < 1.29 is 5.11 Å². The monoisotopic (exact) mass is 298 g/mol. The van der Waals surface area contributed by atoms with Crippen LogP contribution in [0.25, 0.3) is 0 Å². The molecule has 3 nitrogen and oxygen atoms in total. The van der Waals surface area contributed by atoms with E-state index in [0.29, 0.717) is 22.9 Å². The minimum Gasteiger partial charge on any atom is -0.393 e. The van der Waals surface area contributed by atoms with E-state index in [4.69, 9.17) is 23.2 Å². The highest BCUT2D eigenvalue weighted by Gasteiger charge is 2.12. The van der Waals surface area contributed by atoms with Gasteiger partial charge >= 0.3 is 0 Å². The number of aliphatic hydroxyl groups is 1. The van der Waals surface area contributed by atoms with Crippen LogP contribution < -0.4 is 0 Å². The first-order chi connectivity index (χ1) is 9.06. The Labute approximate surface area is 122 Å². The first-order valence-electron chi connectivity index (χ1n) is 6.14. The molecule has 1 heterocycles. The van der Waals surface area contributed by atoms with Gasteiger partial charge in [-0.1, -0.05) is 29.3 Å². The van der Waals surface area contributed by atoms with Crippen molar-refractivity contribution in [3.8, 4) is 0 Å². The molecule has 0 bridgehead atoms. The van der Waals surface area contributed by atoms with E-state index >= 15 is 0 Å². The zero-order valence-electron chi connectivity index (χ0n) is 10.7. The molecule has 2 rings (SSSR count). The van der Waals surface area contributed by atoms with E-state index in [1.165, 1.54) is 0 Å². The maximum absolute atomic E-state index is 10.1. The van der Waals surface area contributed by atoms with Crippen LogP contribution in [0.2, 0.25) is 10.0 Å². The van der Waals surface area contributed by atoms with Gasteiger partial charge in [0.25, 0.3) is 0 Å². The Bertz CT molecular complexity index is 534. The molecular formula is C14H16Cl2N2O. The molecule has 0 spiro atoms. The molecule has 1 unspecified atom stereocenters. The summed E-state index contributed by atoms with van der Waals surface area (Å²) in [7, 11) is 1.88. The SMILES string of the molecule is Cn1cc(CCC(O)Cc2c(Cl)cccc2Cl)cn1. The number of aliphatic hydroxyl groups excluding tert-OH is 1. The lowest BCUT2D eigenvalue weighted by Crippen LogP contribution is -2.12.